The third-order valence-corrected chi connectivity index (χ3v) is 4.29. The quantitative estimate of drug-likeness (QED) is 0.478. The number of carbonyl (C=O) groups is 1. The van der Waals surface area contributed by atoms with Crippen LogP contribution >= 0.6 is 23.2 Å². The first-order valence-corrected chi connectivity index (χ1v) is 8.58. The summed E-state index contributed by atoms with van der Waals surface area (Å²) in [5, 5.41) is 22.2. The van der Waals surface area contributed by atoms with Gasteiger partial charge in [0, 0.05) is 22.6 Å². The Labute approximate surface area is 165 Å². The van der Waals surface area contributed by atoms with E-state index in [9.17, 15) is 15.2 Å². The Morgan fingerprint density at radius 1 is 1.15 bits per heavy atom. The molecule has 1 amide bonds. The maximum Gasteiger partial charge on any atom is 0.266 e. The minimum atomic E-state index is -0.583. The van der Waals surface area contributed by atoms with E-state index in [2.05, 4.69) is 5.32 Å². The van der Waals surface area contributed by atoms with Gasteiger partial charge in [-0.2, -0.15) is 5.26 Å². The molecule has 1 heterocycles. The van der Waals surface area contributed by atoms with Crippen molar-refractivity contribution in [2.45, 2.75) is 0 Å². The van der Waals surface area contributed by atoms with Crippen molar-refractivity contribution in [2.24, 2.45) is 0 Å². The van der Waals surface area contributed by atoms with Crippen molar-refractivity contribution in [1.82, 2.24) is 4.57 Å². The van der Waals surface area contributed by atoms with Crippen molar-refractivity contribution >= 4 is 40.9 Å². The van der Waals surface area contributed by atoms with Crippen molar-refractivity contribution in [3.05, 3.63) is 82.1 Å². The number of aromatic hydroxyl groups is 1. The monoisotopic (exact) mass is 397 g/mol. The number of halogens is 2. The van der Waals surface area contributed by atoms with Crippen LogP contribution in [0.25, 0.3) is 11.8 Å². The van der Waals surface area contributed by atoms with Gasteiger partial charge in [-0.15, -0.1) is 0 Å². The molecule has 0 aliphatic carbocycles. The zero-order chi connectivity index (χ0) is 19.4. The van der Waals surface area contributed by atoms with Gasteiger partial charge in [0.15, 0.2) is 0 Å². The SMILES string of the molecule is N#CC(=Cc1cccn1-c1ccc(O)cc1)C(=O)Nc1ccc(Cl)cc1Cl. The molecule has 1 aromatic heterocycles. The van der Waals surface area contributed by atoms with E-state index in [0.29, 0.717) is 16.4 Å². The summed E-state index contributed by atoms with van der Waals surface area (Å²) in [6, 6.07) is 16.7. The van der Waals surface area contributed by atoms with Crippen LogP contribution in [0.4, 0.5) is 5.69 Å². The number of nitrogens with one attached hydrogen (secondary N) is 1. The summed E-state index contributed by atoms with van der Waals surface area (Å²) >= 11 is 11.9. The van der Waals surface area contributed by atoms with Gasteiger partial charge in [0.05, 0.1) is 10.7 Å². The third kappa shape index (κ3) is 4.32. The minimum absolute atomic E-state index is 0.0836. The number of hydrogen-bond donors (Lipinski definition) is 2. The Hall–Kier alpha value is -3.20. The van der Waals surface area contributed by atoms with Crippen molar-refractivity contribution in [2.75, 3.05) is 5.32 Å². The number of phenolic OH excluding ortho intramolecular Hbond substituents is 1. The Bertz CT molecular complexity index is 1060. The van der Waals surface area contributed by atoms with Gasteiger partial charge in [-0.05, 0) is 60.7 Å². The van der Waals surface area contributed by atoms with Gasteiger partial charge in [-0.25, -0.2) is 0 Å². The molecule has 0 unspecified atom stereocenters. The van der Waals surface area contributed by atoms with E-state index in [1.165, 1.54) is 12.1 Å². The number of rotatable bonds is 4. The summed E-state index contributed by atoms with van der Waals surface area (Å²) in [5.74, 6) is -0.430. The van der Waals surface area contributed by atoms with Gasteiger partial charge in [0.1, 0.15) is 17.4 Å². The molecule has 0 bridgehead atoms. The lowest BCUT2D eigenvalue weighted by atomic mass is 10.2. The van der Waals surface area contributed by atoms with Gasteiger partial charge < -0.3 is 15.0 Å². The molecule has 0 saturated carbocycles. The average molecular weight is 398 g/mol. The van der Waals surface area contributed by atoms with Gasteiger partial charge in [0.2, 0.25) is 0 Å². The van der Waals surface area contributed by atoms with Crippen LogP contribution < -0.4 is 5.32 Å². The molecule has 27 heavy (non-hydrogen) atoms. The number of carbonyl (C=O) groups excluding carboxylic acids is 1. The molecule has 0 atom stereocenters. The molecule has 3 aromatic rings. The fourth-order valence-corrected chi connectivity index (χ4v) is 2.89. The molecule has 0 spiro atoms. The molecule has 3 rings (SSSR count). The Morgan fingerprint density at radius 2 is 1.89 bits per heavy atom. The number of benzene rings is 2. The molecule has 0 saturated heterocycles. The molecule has 7 heteroatoms. The van der Waals surface area contributed by atoms with Crippen LogP contribution in [-0.2, 0) is 4.79 Å². The molecule has 2 N–H and O–H groups in total. The zero-order valence-corrected chi connectivity index (χ0v) is 15.4. The van der Waals surface area contributed by atoms with E-state index < -0.39 is 5.91 Å². The summed E-state index contributed by atoms with van der Waals surface area (Å²) in [6.07, 6.45) is 3.27. The highest BCUT2D eigenvalue weighted by molar-refractivity contribution is 6.36. The number of hydrogen-bond acceptors (Lipinski definition) is 3. The van der Waals surface area contributed by atoms with E-state index in [-0.39, 0.29) is 16.3 Å². The number of nitrogens with zero attached hydrogens (tertiary/aromatic N) is 2. The molecule has 0 aliphatic heterocycles. The molecule has 2 aromatic carbocycles. The fourth-order valence-electron chi connectivity index (χ4n) is 2.44. The summed E-state index contributed by atoms with van der Waals surface area (Å²) in [7, 11) is 0. The van der Waals surface area contributed by atoms with Crippen molar-refractivity contribution < 1.29 is 9.90 Å². The van der Waals surface area contributed by atoms with E-state index in [4.69, 9.17) is 23.2 Å². The van der Waals surface area contributed by atoms with Crippen LogP contribution in [0.15, 0.2) is 66.4 Å². The predicted molar refractivity (Wildman–Crippen MR) is 106 cm³/mol. The van der Waals surface area contributed by atoms with Gasteiger partial charge >= 0.3 is 0 Å². The maximum absolute atomic E-state index is 12.5. The molecule has 134 valence electrons. The lowest BCUT2D eigenvalue weighted by molar-refractivity contribution is -0.112. The smallest absolute Gasteiger partial charge is 0.266 e. The average Bonchev–Trinajstić information content (AvgIpc) is 3.10. The summed E-state index contributed by atoms with van der Waals surface area (Å²) < 4.78 is 1.79. The van der Waals surface area contributed by atoms with Crippen LogP contribution in [0.2, 0.25) is 10.0 Å². The van der Waals surface area contributed by atoms with Crippen molar-refractivity contribution in [1.29, 1.82) is 5.26 Å². The second-order valence-corrected chi connectivity index (χ2v) is 6.41. The second kappa shape index (κ2) is 8.00. The van der Waals surface area contributed by atoms with Gasteiger partial charge in [-0.1, -0.05) is 23.2 Å². The van der Waals surface area contributed by atoms with Crippen molar-refractivity contribution in [3.8, 4) is 17.5 Å². The lowest BCUT2D eigenvalue weighted by Crippen LogP contribution is -2.14. The first-order chi connectivity index (χ1) is 13.0. The maximum atomic E-state index is 12.5. The highest BCUT2D eigenvalue weighted by Crippen LogP contribution is 2.26. The lowest BCUT2D eigenvalue weighted by Gasteiger charge is -2.09. The molecular formula is C20H13Cl2N3O2. The summed E-state index contributed by atoms with van der Waals surface area (Å²) in [6.45, 7) is 0. The third-order valence-electron chi connectivity index (χ3n) is 3.74. The molecule has 0 aliphatic rings. The first kappa shape index (κ1) is 18.6. The minimum Gasteiger partial charge on any atom is -0.508 e. The topological polar surface area (TPSA) is 78.1 Å². The standard InChI is InChI=1S/C20H13Cl2N3O2/c21-14-3-8-19(18(22)11-14)24-20(27)13(12-23)10-16-2-1-9-25(16)15-4-6-17(26)7-5-15/h1-11,26H,(H,24,27). The first-order valence-electron chi connectivity index (χ1n) is 7.83. The Kier molecular flexibility index (Phi) is 5.51. The van der Waals surface area contributed by atoms with Gasteiger partial charge in [0.25, 0.3) is 5.91 Å². The van der Waals surface area contributed by atoms with Gasteiger partial charge in [-0.3, -0.25) is 4.79 Å². The molecule has 5 nitrogen and oxygen atoms in total. The largest absolute Gasteiger partial charge is 0.508 e. The van der Waals surface area contributed by atoms with Crippen molar-refractivity contribution in [3.63, 3.8) is 0 Å². The normalized spacial score (nSPS) is 11.1. The summed E-state index contributed by atoms with van der Waals surface area (Å²) in [4.78, 5) is 12.5. The Balaban J connectivity index is 1.89. The number of amides is 1. The van der Waals surface area contributed by atoms with E-state index in [1.807, 2.05) is 6.07 Å². The molecular weight excluding hydrogens is 385 g/mol. The van der Waals surface area contributed by atoms with Crippen LogP contribution in [0.1, 0.15) is 5.69 Å². The van der Waals surface area contributed by atoms with E-state index in [0.717, 1.165) is 5.69 Å². The number of phenols is 1. The van der Waals surface area contributed by atoms with Crippen LogP contribution in [0, 0.1) is 11.3 Å². The number of nitriles is 1. The number of aromatic nitrogens is 1. The fraction of sp³-hybridized carbons (Fsp3) is 0. The second-order valence-electron chi connectivity index (χ2n) is 5.57. The highest BCUT2D eigenvalue weighted by Gasteiger charge is 2.13. The zero-order valence-electron chi connectivity index (χ0n) is 13.9. The Morgan fingerprint density at radius 3 is 2.56 bits per heavy atom. The molecule has 0 radical (unpaired) electrons. The van der Waals surface area contributed by atoms with E-state index >= 15 is 0 Å². The van der Waals surface area contributed by atoms with Crippen LogP contribution in [0.3, 0.4) is 0 Å². The van der Waals surface area contributed by atoms with E-state index in [1.54, 1.807) is 59.3 Å². The summed E-state index contributed by atoms with van der Waals surface area (Å²) in [5.41, 5.74) is 1.69. The highest BCUT2D eigenvalue weighted by atomic mass is 35.5. The number of anilines is 1. The predicted octanol–water partition coefficient (Wildman–Crippen LogP) is 5.04. The van der Waals surface area contributed by atoms with Crippen LogP contribution in [0.5, 0.6) is 5.75 Å². The molecule has 0 fully saturated rings. The van der Waals surface area contributed by atoms with Crippen LogP contribution in [-0.4, -0.2) is 15.6 Å².